The lowest BCUT2D eigenvalue weighted by molar-refractivity contribution is -0.143. The van der Waals surface area contributed by atoms with Crippen molar-refractivity contribution >= 4 is 5.91 Å². The first-order chi connectivity index (χ1) is 7.65. The molecule has 0 aromatic rings. The Bertz CT molecular complexity index is 213. The number of nitrogens with zero attached hydrogens (tertiary/aromatic N) is 1. The van der Waals surface area contributed by atoms with Crippen molar-refractivity contribution in [2.75, 3.05) is 19.7 Å². The standard InChI is InChI=1S/C12H24N2O2/c1-3-4-9-16-10(2)12(15)14-7-5-11(13)6-8-14/h10-11H,3-9,13H2,1-2H3. The molecule has 1 saturated heterocycles. The van der Waals surface area contributed by atoms with E-state index in [1.807, 2.05) is 11.8 Å². The summed E-state index contributed by atoms with van der Waals surface area (Å²) in [7, 11) is 0. The highest BCUT2D eigenvalue weighted by Gasteiger charge is 2.24. The molecule has 0 radical (unpaired) electrons. The SMILES string of the molecule is CCCCOC(C)C(=O)N1CCC(N)CC1. The molecule has 16 heavy (non-hydrogen) atoms. The molecule has 0 spiro atoms. The molecule has 1 amide bonds. The average Bonchev–Trinajstić information content (AvgIpc) is 2.29. The van der Waals surface area contributed by atoms with Gasteiger partial charge in [-0.15, -0.1) is 0 Å². The van der Waals surface area contributed by atoms with Gasteiger partial charge in [0.15, 0.2) is 0 Å². The summed E-state index contributed by atoms with van der Waals surface area (Å²) in [6.07, 6.45) is 3.63. The van der Waals surface area contributed by atoms with Crippen LogP contribution in [0.2, 0.25) is 0 Å². The Morgan fingerprint density at radius 2 is 2.12 bits per heavy atom. The Morgan fingerprint density at radius 3 is 2.69 bits per heavy atom. The lowest BCUT2D eigenvalue weighted by Crippen LogP contribution is -2.46. The number of unbranched alkanes of at least 4 members (excludes halogenated alkanes) is 1. The third-order valence-corrected chi connectivity index (χ3v) is 3.06. The number of carbonyl (C=O) groups is 1. The van der Waals surface area contributed by atoms with Crippen molar-refractivity contribution in [1.29, 1.82) is 0 Å². The molecular formula is C12H24N2O2. The predicted molar refractivity (Wildman–Crippen MR) is 64.1 cm³/mol. The second kappa shape index (κ2) is 6.86. The molecule has 1 heterocycles. The summed E-state index contributed by atoms with van der Waals surface area (Å²) in [5, 5.41) is 0. The molecule has 1 fully saturated rings. The van der Waals surface area contributed by atoms with Crippen LogP contribution >= 0.6 is 0 Å². The minimum Gasteiger partial charge on any atom is -0.369 e. The molecule has 0 aliphatic carbocycles. The summed E-state index contributed by atoms with van der Waals surface area (Å²) in [5.41, 5.74) is 5.80. The fourth-order valence-electron chi connectivity index (χ4n) is 1.85. The summed E-state index contributed by atoms with van der Waals surface area (Å²) in [6.45, 7) is 6.19. The number of carbonyl (C=O) groups excluding carboxylic acids is 1. The van der Waals surface area contributed by atoms with Crippen LogP contribution in [0.5, 0.6) is 0 Å². The van der Waals surface area contributed by atoms with Gasteiger partial charge in [-0.2, -0.15) is 0 Å². The molecule has 2 N–H and O–H groups in total. The minimum atomic E-state index is -0.305. The van der Waals surface area contributed by atoms with E-state index in [0.29, 0.717) is 6.61 Å². The van der Waals surface area contributed by atoms with Crippen molar-refractivity contribution < 1.29 is 9.53 Å². The molecule has 1 aliphatic rings. The van der Waals surface area contributed by atoms with Gasteiger partial charge in [0.25, 0.3) is 5.91 Å². The zero-order valence-electron chi connectivity index (χ0n) is 10.4. The Hall–Kier alpha value is -0.610. The van der Waals surface area contributed by atoms with Crippen LogP contribution in [0.1, 0.15) is 39.5 Å². The normalized spacial score (nSPS) is 19.8. The van der Waals surface area contributed by atoms with Crippen LogP contribution in [0.4, 0.5) is 0 Å². The number of hydrogen-bond donors (Lipinski definition) is 1. The van der Waals surface area contributed by atoms with Gasteiger partial charge in [-0.3, -0.25) is 4.79 Å². The molecule has 0 saturated carbocycles. The van der Waals surface area contributed by atoms with Gasteiger partial charge >= 0.3 is 0 Å². The minimum absolute atomic E-state index is 0.114. The molecule has 1 aliphatic heterocycles. The van der Waals surface area contributed by atoms with Crippen LogP contribution in [0.25, 0.3) is 0 Å². The van der Waals surface area contributed by atoms with E-state index in [0.717, 1.165) is 38.8 Å². The zero-order valence-corrected chi connectivity index (χ0v) is 10.4. The predicted octanol–water partition coefficient (Wildman–Crippen LogP) is 1.14. The smallest absolute Gasteiger partial charge is 0.251 e. The summed E-state index contributed by atoms with van der Waals surface area (Å²) in [6, 6.07) is 0.264. The summed E-state index contributed by atoms with van der Waals surface area (Å²) >= 11 is 0. The van der Waals surface area contributed by atoms with Crippen LogP contribution in [-0.2, 0) is 9.53 Å². The average molecular weight is 228 g/mol. The van der Waals surface area contributed by atoms with Crippen LogP contribution < -0.4 is 5.73 Å². The Kier molecular flexibility index (Phi) is 5.77. The molecule has 0 aromatic heterocycles. The van der Waals surface area contributed by atoms with Crippen molar-refractivity contribution in [1.82, 2.24) is 4.90 Å². The molecule has 0 bridgehead atoms. The van der Waals surface area contributed by atoms with E-state index < -0.39 is 0 Å². The van der Waals surface area contributed by atoms with E-state index in [9.17, 15) is 4.79 Å². The lowest BCUT2D eigenvalue weighted by atomic mass is 10.1. The van der Waals surface area contributed by atoms with Gasteiger partial charge in [0, 0.05) is 25.7 Å². The molecule has 1 rings (SSSR count). The van der Waals surface area contributed by atoms with E-state index in [1.165, 1.54) is 0 Å². The maximum Gasteiger partial charge on any atom is 0.251 e. The maximum absolute atomic E-state index is 12.0. The molecule has 4 nitrogen and oxygen atoms in total. The Morgan fingerprint density at radius 1 is 1.50 bits per heavy atom. The van der Waals surface area contributed by atoms with Crippen LogP contribution in [0, 0.1) is 0 Å². The monoisotopic (exact) mass is 228 g/mol. The van der Waals surface area contributed by atoms with Crippen LogP contribution in [0.15, 0.2) is 0 Å². The van der Waals surface area contributed by atoms with E-state index in [1.54, 1.807) is 0 Å². The van der Waals surface area contributed by atoms with Crippen molar-refractivity contribution in [2.24, 2.45) is 5.73 Å². The third kappa shape index (κ3) is 4.10. The van der Waals surface area contributed by atoms with E-state index in [4.69, 9.17) is 10.5 Å². The van der Waals surface area contributed by atoms with Gasteiger partial charge < -0.3 is 15.4 Å². The quantitative estimate of drug-likeness (QED) is 0.718. The summed E-state index contributed by atoms with van der Waals surface area (Å²) in [5.74, 6) is 0.114. The summed E-state index contributed by atoms with van der Waals surface area (Å²) < 4.78 is 5.50. The largest absolute Gasteiger partial charge is 0.369 e. The highest BCUT2D eigenvalue weighted by molar-refractivity contribution is 5.80. The molecule has 0 aromatic carbocycles. The van der Waals surface area contributed by atoms with Crippen molar-refractivity contribution in [3.05, 3.63) is 0 Å². The second-order valence-electron chi connectivity index (χ2n) is 4.53. The van der Waals surface area contributed by atoms with Gasteiger partial charge in [0.05, 0.1) is 0 Å². The molecular weight excluding hydrogens is 204 g/mol. The molecule has 4 heteroatoms. The highest BCUT2D eigenvalue weighted by atomic mass is 16.5. The van der Waals surface area contributed by atoms with E-state index in [2.05, 4.69) is 6.92 Å². The fourth-order valence-corrected chi connectivity index (χ4v) is 1.85. The van der Waals surface area contributed by atoms with Gasteiger partial charge in [-0.1, -0.05) is 13.3 Å². The number of ether oxygens (including phenoxy) is 1. The second-order valence-corrected chi connectivity index (χ2v) is 4.53. The number of rotatable bonds is 5. The first-order valence-electron chi connectivity index (χ1n) is 6.31. The first kappa shape index (κ1) is 13.5. The van der Waals surface area contributed by atoms with Gasteiger partial charge in [-0.25, -0.2) is 0 Å². The zero-order chi connectivity index (χ0) is 12.0. The molecule has 1 atom stereocenters. The number of amides is 1. The Labute approximate surface area is 98.1 Å². The van der Waals surface area contributed by atoms with Crippen molar-refractivity contribution in [3.8, 4) is 0 Å². The van der Waals surface area contributed by atoms with Gasteiger partial charge in [0.2, 0.25) is 0 Å². The number of hydrogen-bond acceptors (Lipinski definition) is 3. The van der Waals surface area contributed by atoms with Crippen molar-refractivity contribution in [2.45, 2.75) is 51.7 Å². The highest BCUT2D eigenvalue weighted by Crippen LogP contribution is 2.10. The molecule has 94 valence electrons. The number of piperidine rings is 1. The lowest BCUT2D eigenvalue weighted by Gasteiger charge is -2.32. The third-order valence-electron chi connectivity index (χ3n) is 3.06. The van der Waals surface area contributed by atoms with E-state index in [-0.39, 0.29) is 18.1 Å². The van der Waals surface area contributed by atoms with Crippen LogP contribution in [0.3, 0.4) is 0 Å². The number of nitrogens with two attached hydrogens (primary N) is 1. The maximum atomic E-state index is 12.0. The van der Waals surface area contributed by atoms with Gasteiger partial charge in [0.1, 0.15) is 6.10 Å². The summed E-state index contributed by atoms with van der Waals surface area (Å²) in [4.78, 5) is 13.8. The van der Waals surface area contributed by atoms with Crippen molar-refractivity contribution in [3.63, 3.8) is 0 Å². The van der Waals surface area contributed by atoms with Gasteiger partial charge in [-0.05, 0) is 26.2 Å². The first-order valence-corrected chi connectivity index (χ1v) is 6.31. The topological polar surface area (TPSA) is 55.6 Å². The Balaban J connectivity index is 2.27. The van der Waals surface area contributed by atoms with E-state index >= 15 is 0 Å². The number of likely N-dealkylation sites (tertiary alicyclic amines) is 1. The fraction of sp³-hybridized carbons (Fsp3) is 0.917. The molecule has 1 unspecified atom stereocenters. The van der Waals surface area contributed by atoms with Crippen LogP contribution in [-0.4, -0.2) is 42.6 Å².